The number of alkyl halides is 3. The molecule has 2 saturated heterocycles. The van der Waals surface area contributed by atoms with Crippen LogP contribution in [-0.2, 0) is 16.1 Å². The van der Waals surface area contributed by atoms with E-state index in [0.29, 0.717) is 12.0 Å². The fraction of sp³-hybridized carbons (Fsp3) is 0.588. The summed E-state index contributed by atoms with van der Waals surface area (Å²) >= 11 is 1.66. The van der Waals surface area contributed by atoms with Crippen LogP contribution in [0.1, 0.15) is 10.6 Å². The van der Waals surface area contributed by atoms with E-state index in [4.69, 9.17) is 19.1 Å². The molecule has 0 radical (unpaired) electrons. The number of carboxylic acids is 1. The molecule has 2 aromatic heterocycles. The maximum Gasteiger partial charge on any atom is 0.490 e. The molecular weight excluding hydrogens is 413 g/mol. The number of carbonyl (C=O) groups is 1. The second-order valence-corrected chi connectivity index (χ2v) is 8.01. The molecule has 2 atom stereocenters. The lowest BCUT2D eigenvalue weighted by Crippen LogP contribution is -2.32. The molecule has 1 N–H and O–H groups in total. The molecule has 0 aromatic carbocycles. The van der Waals surface area contributed by atoms with Crippen LogP contribution in [0.4, 0.5) is 18.3 Å². The van der Waals surface area contributed by atoms with Crippen molar-refractivity contribution < 1.29 is 32.2 Å². The maximum absolute atomic E-state index is 10.6. The number of halogens is 3. The Morgan fingerprint density at radius 1 is 1.34 bits per heavy atom. The van der Waals surface area contributed by atoms with Crippen molar-refractivity contribution in [1.29, 1.82) is 0 Å². The highest BCUT2D eigenvalue weighted by Gasteiger charge is 2.38. The first-order valence-electron chi connectivity index (χ1n) is 8.92. The van der Waals surface area contributed by atoms with Crippen molar-refractivity contribution in [3.63, 3.8) is 0 Å². The van der Waals surface area contributed by atoms with Crippen molar-refractivity contribution in [2.24, 2.45) is 5.92 Å². The van der Waals surface area contributed by atoms with Crippen molar-refractivity contribution >= 4 is 22.4 Å². The van der Waals surface area contributed by atoms with Gasteiger partial charge in [-0.05, 0) is 13.0 Å². The number of aryl methyl sites for hydroxylation is 1. The molecule has 2 fully saturated rings. The molecule has 4 heterocycles. The van der Waals surface area contributed by atoms with E-state index in [9.17, 15) is 13.2 Å². The van der Waals surface area contributed by atoms with E-state index in [2.05, 4.69) is 20.0 Å². The minimum atomic E-state index is -5.08. The lowest BCUT2D eigenvalue weighted by Gasteiger charge is -2.22. The zero-order valence-corrected chi connectivity index (χ0v) is 16.4. The number of hydrogen-bond acceptors (Lipinski definition) is 8. The molecule has 2 aromatic rings. The van der Waals surface area contributed by atoms with E-state index in [0.717, 1.165) is 49.5 Å². The number of furan rings is 1. The average Bonchev–Trinajstić information content (AvgIpc) is 3.35. The van der Waals surface area contributed by atoms with Gasteiger partial charge in [0.25, 0.3) is 0 Å². The molecule has 160 valence electrons. The van der Waals surface area contributed by atoms with Crippen LogP contribution in [0, 0.1) is 12.8 Å². The highest BCUT2D eigenvalue weighted by Crippen LogP contribution is 2.30. The van der Waals surface area contributed by atoms with Gasteiger partial charge in [-0.15, -0.1) is 10.2 Å². The number of aromatic nitrogens is 2. The Morgan fingerprint density at radius 2 is 2.10 bits per heavy atom. The Morgan fingerprint density at radius 3 is 2.69 bits per heavy atom. The summed E-state index contributed by atoms with van der Waals surface area (Å²) in [5.74, 6) is -2.23. The van der Waals surface area contributed by atoms with Crippen LogP contribution in [0.25, 0.3) is 0 Å². The van der Waals surface area contributed by atoms with Gasteiger partial charge in [0.1, 0.15) is 5.01 Å². The molecule has 0 spiro atoms. The normalized spacial score (nSPS) is 22.6. The van der Waals surface area contributed by atoms with Crippen molar-refractivity contribution in [1.82, 2.24) is 15.1 Å². The number of hydrogen-bond donors (Lipinski definition) is 1. The smallest absolute Gasteiger partial charge is 0.475 e. The number of carboxylic acid groups (broad SMARTS) is 1. The van der Waals surface area contributed by atoms with Crippen LogP contribution in [-0.4, -0.2) is 71.2 Å². The third kappa shape index (κ3) is 5.90. The molecule has 2 aliphatic heterocycles. The summed E-state index contributed by atoms with van der Waals surface area (Å²) in [5.41, 5.74) is 1.23. The van der Waals surface area contributed by atoms with E-state index in [-0.39, 0.29) is 0 Å². The van der Waals surface area contributed by atoms with Crippen LogP contribution in [0.15, 0.2) is 23.0 Å². The van der Waals surface area contributed by atoms with E-state index in [1.807, 2.05) is 19.3 Å². The lowest BCUT2D eigenvalue weighted by atomic mass is 10.1. The Bertz CT molecular complexity index is 799. The zero-order valence-electron chi connectivity index (χ0n) is 15.6. The second-order valence-electron chi connectivity index (χ2n) is 6.85. The molecule has 0 bridgehead atoms. The Kier molecular flexibility index (Phi) is 6.75. The summed E-state index contributed by atoms with van der Waals surface area (Å²) in [6.07, 6.45) is -1.21. The monoisotopic (exact) mass is 434 g/mol. The summed E-state index contributed by atoms with van der Waals surface area (Å²) in [5, 5.41) is 17.6. The number of rotatable bonds is 3. The predicted octanol–water partition coefficient (Wildman–Crippen LogP) is 2.41. The summed E-state index contributed by atoms with van der Waals surface area (Å²) in [7, 11) is 0. The minimum absolute atomic E-state index is 0.304. The Labute approximate surface area is 168 Å². The first kappa shape index (κ1) is 21.5. The van der Waals surface area contributed by atoms with Gasteiger partial charge < -0.3 is 19.2 Å². The van der Waals surface area contributed by atoms with Gasteiger partial charge in [0.05, 0.1) is 25.2 Å². The van der Waals surface area contributed by atoms with Crippen molar-refractivity contribution in [2.45, 2.75) is 25.7 Å². The first-order chi connectivity index (χ1) is 13.7. The van der Waals surface area contributed by atoms with Crippen molar-refractivity contribution in [3.05, 3.63) is 29.2 Å². The highest BCUT2D eigenvalue weighted by atomic mass is 32.1. The fourth-order valence-corrected chi connectivity index (χ4v) is 4.02. The fourth-order valence-electron chi connectivity index (χ4n) is 3.32. The number of fused-ring (bicyclic) bond motifs is 1. The van der Waals surface area contributed by atoms with Gasteiger partial charge in [0.2, 0.25) is 5.13 Å². The molecule has 2 aliphatic rings. The Hall–Kier alpha value is -2.18. The molecule has 0 amide bonds. The number of anilines is 1. The minimum Gasteiger partial charge on any atom is -0.475 e. The van der Waals surface area contributed by atoms with E-state index in [1.54, 1.807) is 17.6 Å². The third-order valence-corrected chi connectivity index (χ3v) is 5.53. The van der Waals surface area contributed by atoms with Gasteiger partial charge in [-0.2, -0.15) is 13.2 Å². The number of ether oxygens (including phenoxy) is 1. The lowest BCUT2D eigenvalue weighted by molar-refractivity contribution is -0.192. The van der Waals surface area contributed by atoms with Crippen LogP contribution >= 0.6 is 11.3 Å². The number of aliphatic carboxylic acids is 1. The van der Waals surface area contributed by atoms with E-state index in [1.165, 1.54) is 5.56 Å². The molecule has 12 heteroatoms. The predicted molar refractivity (Wildman–Crippen MR) is 97.8 cm³/mol. The Balaban J connectivity index is 0.000000298. The quantitative estimate of drug-likeness (QED) is 0.788. The van der Waals surface area contributed by atoms with Gasteiger partial charge in [-0.3, -0.25) is 4.90 Å². The summed E-state index contributed by atoms with van der Waals surface area (Å²) in [6.45, 7) is 7.70. The molecule has 0 aliphatic carbocycles. The van der Waals surface area contributed by atoms with Crippen molar-refractivity contribution in [2.75, 3.05) is 37.7 Å². The molecule has 29 heavy (non-hydrogen) atoms. The summed E-state index contributed by atoms with van der Waals surface area (Å²) in [4.78, 5) is 13.7. The largest absolute Gasteiger partial charge is 0.490 e. The van der Waals surface area contributed by atoms with E-state index < -0.39 is 12.1 Å². The van der Waals surface area contributed by atoms with E-state index >= 15 is 0 Å². The summed E-state index contributed by atoms with van der Waals surface area (Å²) in [6, 6.07) is 2.04. The second kappa shape index (κ2) is 9.09. The molecule has 8 nitrogen and oxygen atoms in total. The van der Waals surface area contributed by atoms with Gasteiger partial charge in [0, 0.05) is 44.2 Å². The van der Waals surface area contributed by atoms with Gasteiger partial charge in [-0.25, -0.2) is 4.79 Å². The number of nitrogens with zero attached hydrogens (tertiary/aromatic N) is 4. The molecule has 4 rings (SSSR count). The third-order valence-electron chi connectivity index (χ3n) is 4.63. The van der Waals surface area contributed by atoms with Crippen LogP contribution in [0.2, 0.25) is 0 Å². The zero-order chi connectivity index (χ0) is 21.0. The van der Waals surface area contributed by atoms with Crippen LogP contribution in [0.5, 0.6) is 0 Å². The first-order valence-corrected chi connectivity index (χ1v) is 9.74. The summed E-state index contributed by atoms with van der Waals surface area (Å²) < 4.78 is 43.0. The van der Waals surface area contributed by atoms with Crippen molar-refractivity contribution in [3.8, 4) is 0 Å². The van der Waals surface area contributed by atoms with Crippen LogP contribution in [0.3, 0.4) is 0 Å². The molecule has 0 saturated carbocycles. The molecule has 0 unspecified atom stereocenters. The van der Waals surface area contributed by atoms with Crippen LogP contribution < -0.4 is 4.90 Å². The van der Waals surface area contributed by atoms with Gasteiger partial charge >= 0.3 is 12.1 Å². The highest BCUT2D eigenvalue weighted by molar-refractivity contribution is 7.15. The SMILES string of the molecule is Cc1nnc(N2C[C@@H]3CN(Cc4ccoc4)CCO[C@@H]3C2)s1.O=C(O)C(F)(F)F. The van der Waals surface area contributed by atoms with Gasteiger partial charge in [-0.1, -0.05) is 11.3 Å². The molecular formula is C17H21F3N4O4S. The van der Waals surface area contributed by atoms with Gasteiger partial charge in [0.15, 0.2) is 0 Å². The average molecular weight is 434 g/mol. The maximum atomic E-state index is 10.6. The standard InChI is InChI=1S/C15H20N4O2S.C2HF3O2/c1-11-16-17-15(22-11)19-8-13-7-18(3-5-21-14(13)9-19)6-12-2-4-20-10-12;3-2(4,5)1(6)7/h2,4,10,13-14H,3,5-9H2,1H3;(H,6,7)/t13-,14+;/m0./s1. The topological polar surface area (TPSA) is 91.9 Å².